The molecule has 1 aromatic rings. The number of hydrogen-bond acceptors (Lipinski definition) is 2. The largest absolute Gasteiger partial charge is 0.374 e. The van der Waals surface area contributed by atoms with Crippen LogP contribution >= 0.6 is 11.6 Å². The average Bonchev–Trinajstić information content (AvgIpc) is 2.29. The molecule has 0 aliphatic heterocycles. The molecule has 0 bridgehead atoms. The highest BCUT2D eigenvalue weighted by Gasteiger charge is 2.16. The van der Waals surface area contributed by atoms with Crippen LogP contribution in [0.5, 0.6) is 0 Å². The van der Waals surface area contributed by atoms with Crippen LogP contribution in [0.4, 0.5) is 0 Å². The Morgan fingerprint density at radius 1 is 1.22 bits per heavy atom. The second-order valence-electron chi connectivity index (χ2n) is 5.48. The maximum Gasteiger partial charge on any atom is 0.0668 e. The number of nitrogens with one attached hydrogen (secondary N) is 1. The molecule has 0 radical (unpaired) electrons. The zero-order valence-corrected chi connectivity index (χ0v) is 12.6. The van der Waals surface area contributed by atoms with E-state index in [1.165, 1.54) is 5.56 Å². The van der Waals surface area contributed by atoms with E-state index in [1.54, 1.807) is 0 Å². The van der Waals surface area contributed by atoms with Crippen molar-refractivity contribution < 1.29 is 4.74 Å². The predicted molar refractivity (Wildman–Crippen MR) is 78.2 cm³/mol. The fourth-order valence-electron chi connectivity index (χ4n) is 1.62. The van der Waals surface area contributed by atoms with Crippen LogP contribution in [0.1, 0.15) is 45.7 Å². The van der Waals surface area contributed by atoms with E-state index in [4.69, 9.17) is 16.3 Å². The molecule has 0 saturated carbocycles. The van der Waals surface area contributed by atoms with Crippen LogP contribution in [0.3, 0.4) is 0 Å². The van der Waals surface area contributed by atoms with Crippen LogP contribution in [0.15, 0.2) is 24.3 Å². The molecule has 1 N–H and O–H groups in total. The number of hydrogen-bond donors (Lipinski definition) is 1. The van der Waals surface area contributed by atoms with Crippen molar-refractivity contribution in [2.45, 2.75) is 45.8 Å². The van der Waals surface area contributed by atoms with Gasteiger partial charge in [-0.3, -0.25) is 0 Å². The molecular formula is C15H24ClNO. The summed E-state index contributed by atoms with van der Waals surface area (Å²) in [5.41, 5.74) is 1.11. The third kappa shape index (κ3) is 5.85. The summed E-state index contributed by atoms with van der Waals surface area (Å²) >= 11 is 5.92. The third-order valence-corrected chi connectivity index (χ3v) is 2.85. The Morgan fingerprint density at radius 3 is 2.33 bits per heavy atom. The van der Waals surface area contributed by atoms with Crippen molar-refractivity contribution in [2.24, 2.45) is 0 Å². The van der Waals surface area contributed by atoms with E-state index in [9.17, 15) is 0 Å². The van der Waals surface area contributed by atoms with Gasteiger partial charge in [-0.25, -0.2) is 0 Å². The topological polar surface area (TPSA) is 21.3 Å². The van der Waals surface area contributed by atoms with Crippen LogP contribution < -0.4 is 5.32 Å². The maximum atomic E-state index is 5.92. The Kier molecular flexibility index (Phi) is 6.13. The smallest absolute Gasteiger partial charge is 0.0668 e. The Labute approximate surface area is 116 Å². The van der Waals surface area contributed by atoms with Crippen LogP contribution in [0, 0.1) is 0 Å². The zero-order valence-electron chi connectivity index (χ0n) is 11.8. The van der Waals surface area contributed by atoms with Gasteiger partial charge in [0.25, 0.3) is 0 Å². The lowest BCUT2D eigenvalue weighted by molar-refractivity contribution is -0.0147. The summed E-state index contributed by atoms with van der Waals surface area (Å²) in [7, 11) is 0. The van der Waals surface area contributed by atoms with Crippen LogP contribution in [-0.2, 0) is 4.74 Å². The van der Waals surface area contributed by atoms with E-state index in [2.05, 4.69) is 45.1 Å². The molecule has 0 heterocycles. The highest BCUT2D eigenvalue weighted by atomic mass is 35.5. The lowest BCUT2D eigenvalue weighted by Crippen LogP contribution is -2.30. The van der Waals surface area contributed by atoms with Crippen molar-refractivity contribution in [3.63, 3.8) is 0 Å². The highest BCUT2D eigenvalue weighted by molar-refractivity contribution is 6.30. The molecule has 0 aromatic heterocycles. The van der Waals surface area contributed by atoms with E-state index >= 15 is 0 Å². The van der Waals surface area contributed by atoms with E-state index in [1.807, 2.05) is 12.1 Å². The first-order chi connectivity index (χ1) is 8.42. The molecule has 1 unspecified atom stereocenters. The number of rotatable bonds is 6. The zero-order chi connectivity index (χ0) is 13.6. The lowest BCUT2D eigenvalue weighted by Gasteiger charge is -2.25. The minimum absolute atomic E-state index is 0.113. The summed E-state index contributed by atoms with van der Waals surface area (Å²) in [6.45, 7) is 10.0. The van der Waals surface area contributed by atoms with Gasteiger partial charge >= 0.3 is 0 Å². The predicted octanol–water partition coefficient (Wildman–Crippen LogP) is 4.20. The number of ether oxygens (including phenoxy) is 1. The molecule has 0 spiro atoms. The molecule has 1 aromatic carbocycles. The van der Waals surface area contributed by atoms with Gasteiger partial charge < -0.3 is 10.1 Å². The number of benzene rings is 1. The van der Waals surface area contributed by atoms with Crippen LogP contribution in [-0.4, -0.2) is 18.8 Å². The molecule has 3 heteroatoms. The monoisotopic (exact) mass is 269 g/mol. The van der Waals surface area contributed by atoms with Gasteiger partial charge in [-0.1, -0.05) is 30.7 Å². The van der Waals surface area contributed by atoms with Gasteiger partial charge in [-0.2, -0.15) is 0 Å². The maximum absolute atomic E-state index is 5.92. The van der Waals surface area contributed by atoms with Gasteiger partial charge in [0.2, 0.25) is 0 Å². The van der Waals surface area contributed by atoms with Crippen LogP contribution in [0.2, 0.25) is 5.02 Å². The van der Waals surface area contributed by atoms with Gasteiger partial charge in [0, 0.05) is 5.02 Å². The molecule has 102 valence electrons. The van der Waals surface area contributed by atoms with E-state index in [-0.39, 0.29) is 11.6 Å². The minimum atomic E-state index is -0.113. The van der Waals surface area contributed by atoms with E-state index in [0.717, 1.165) is 18.0 Å². The Hall–Kier alpha value is -0.570. The summed E-state index contributed by atoms with van der Waals surface area (Å²) in [4.78, 5) is 0. The van der Waals surface area contributed by atoms with Crippen molar-refractivity contribution in [1.82, 2.24) is 5.32 Å². The highest BCUT2D eigenvalue weighted by Crippen LogP contribution is 2.19. The molecule has 1 atom stereocenters. The van der Waals surface area contributed by atoms with Gasteiger partial charge in [0.05, 0.1) is 18.2 Å². The average molecular weight is 270 g/mol. The second-order valence-corrected chi connectivity index (χ2v) is 5.92. The first-order valence-electron chi connectivity index (χ1n) is 6.55. The summed E-state index contributed by atoms with van der Waals surface area (Å²) < 4.78 is 5.88. The number of halogens is 1. The molecule has 0 saturated heterocycles. The fraction of sp³-hybridized carbons (Fsp3) is 0.600. The van der Waals surface area contributed by atoms with Gasteiger partial charge in [0.15, 0.2) is 0 Å². The fourth-order valence-corrected chi connectivity index (χ4v) is 1.75. The molecule has 18 heavy (non-hydrogen) atoms. The molecular weight excluding hydrogens is 246 g/mol. The molecule has 0 aliphatic carbocycles. The Bertz CT molecular complexity index is 343. The summed E-state index contributed by atoms with van der Waals surface area (Å²) in [5.74, 6) is 0. The normalized spacial score (nSPS) is 13.6. The van der Waals surface area contributed by atoms with Crippen molar-refractivity contribution in [2.75, 3.05) is 13.2 Å². The van der Waals surface area contributed by atoms with Crippen LogP contribution in [0.25, 0.3) is 0 Å². The molecule has 2 nitrogen and oxygen atoms in total. The van der Waals surface area contributed by atoms with Crippen molar-refractivity contribution in [1.29, 1.82) is 0 Å². The minimum Gasteiger partial charge on any atom is -0.374 e. The van der Waals surface area contributed by atoms with Crippen molar-refractivity contribution in [3.8, 4) is 0 Å². The first-order valence-corrected chi connectivity index (χ1v) is 6.93. The lowest BCUT2D eigenvalue weighted by atomic mass is 10.1. The van der Waals surface area contributed by atoms with E-state index < -0.39 is 0 Å². The standard InChI is InChI=1S/C15H24ClNO/c1-5-10-17-14(11-18-15(2,3)4)12-6-8-13(16)9-7-12/h6-9,14,17H,5,10-11H2,1-4H3. The van der Waals surface area contributed by atoms with Gasteiger partial charge in [-0.15, -0.1) is 0 Å². The molecule has 0 amide bonds. The van der Waals surface area contributed by atoms with Crippen molar-refractivity contribution in [3.05, 3.63) is 34.9 Å². The summed E-state index contributed by atoms with van der Waals surface area (Å²) in [5, 5.41) is 4.28. The van der Waals surface area contributed by atoms with Gasteiger partial charge in [0.1, 0.15) is 0 Å². The van der Waals surface area contributed by atoms with Crippen molar-refractivity contribution >= 4 is 11.6 Å². The Balaban J connectivity index is 2.68. The van der Waals surface area contributed by atoms with Gasteiger partial charge in [-0.05, 0) is 51.4 Å². The summed E-state index contributed by atoms with van der Waals surface area (Å²) in [6, 6.07) is 8.19. The first kappa shape index (κ1) is 15.5. The molecule has 0 fully saturated rings. The Morgan fingerprint density at radius 2 is 1.83 bits per heavy atom. The second kappa shape index (κ2) is 7.13. The quantitative estimate of drug-likeness (QED) is 0.836. The SMILES string of the molecule is CCCNC(COC(C)(C)C)c1ccc(Cl)cc1. The van der Waals surface area contributed by atoms with E-state index in [0.29, 0.717) is 6.61 Å². The molecule has 1 rings (SSSR count). The molecule has 0 aliphatic rings. The third-order valence-electron chi connectivity index (χ3n) is 2.60. The summed E-state index contributed by atoms with van der Waals surface area (Å²) in [6.07, 6.45) is 1.11.